The second kappa shape index (κ2) is 3.36. The van der Waals surface area contributed by atoms with Crippen molar-refractivity contribution < 1.29 is 13.2 Å². The van der Waals surface area contributed by atoms with E-state index in [0.717, 1.165) is 30.9 Å². The molecule has 3 saturated carbocycles. The minimum atomic E-state index is -3.86. The highest BCUT2D eigenvalue weighted by atomic mass is 35.7. The van der Waals surface area contributed by atoms with Crippen LogP contribution in [0.2, 0.25) is 0 Å². The molecule has 0 atom stereocenters. The molecule has 3 fully saturated rings. The van der Waals surface area contributed by atoms with Gasteiger partial charge in [-0.3, -0.25) is 0 Å². The first-order valence-corrected chi connectivity index (χ1v) is 7.76. The molecule has 4 nitrogen and oxygen atoms in total. The van der Waals surface area contributed by atoms with Gasteiger partial charge >= 0.3 is 0 Å². The topological polar surface area (TPSA) is 56.3 Å². The Labute approximate surface area is 104 Å². The largest absolute Gasteiger partial charge is 0.494 e. The van der Waals surface area contributed by atoms with E-state index >= 15 is 0 Å². The smallest absolute Gasteiger partial charge is 0.282 e. The molecule has 0 amide bonds. The maximum Gasteiger partial charge on any atom is 0.282 e. The van der Waals surface area contributed by atoms with Crippen molar-refractivity contribution in [3.05, 3.63) is 17.8 Å². The summed E-state index contributed by atoms with van der Waals surface area (Å²) in [5.74, 6) is 1.02. The number of halogens is 1. The van der Waals surface area contributed by atoms with E-state index < -0.39 is 9.05 Å². The first kappa shape index (κ1) is 11.3. The molecule has 92 valence electrons. The lowest BCUT2D eigenvalue weighted by Crippen LogP contribution is -2.55. The van der Waals surface area contributed by atoms with E-state index in [0.29, 0.717) is 0 Å². The molecule has 3 aliphatic carbocycles. The summed E-state index contributed by atoms with van der Waals surface area (Å²) < 4.78 is 27.8. The Hall–Kier alpha value is -0.810. The van der Waals surface area contributed by atoms with E-state index in [1.807, 2.05) is 6.07 Å². The Morgan fingerprint density at radius 2 is 2.06 bits per heavy atom. The highest BCUT2D eigenvalue weighted by molar-refractivity contribution is 8.13. The van der Waals surface area contributed by atoms with Gasteiger partial charge in [-0.15, -0.1) is 0 Å². The first-order valence-electron chi connectivity index (χ1n) is 5.45. The molecule has 0 aromatic carbocycles. The summed E-state index contributed by atoms with van der Waals surface area (Å²) in [4.78, 5) is 4.20. The number of rotatable bonds is 3. The zero-order valence-electron chi connectivity index (χ0n) is 9.31. The number of methoxy groups -OCH3 is 1. The van der Waals surface area contributed by atoms with Crippen LogP contribution in [-0.2, 0) is 14.5 Å². The molecule has 1 aromatic heterocycles. The predicted octanol–water partition coefficient (Wildman–Crippen LogP) is 2.07. The van der Waals surface area contributed by atoms with Crippen molar-refractivity contribution in [3.63, 3.8) is 0 Å². The van der Waals surface area contributed by atoms with Gasteiger partial charge in [0.05, 0.1) is 7.11 Å². The van der Waals surface area contributed by atoms with Gasteiger partial charge in [-0.05, 0) is 37.3 Å². The highest BCUT2D eigenvalue weighted by Gasteiger charge is 2.58. The van der Waals surface area contributed by atoms with Gasteiger partial charge in [0, 0.05) is 21.8 Å². The maximum atomic E-state index is 11.4. The van der Waals surface area contributed by atoms with E-state index in [2.05, 4.69) is 4.98 Å². The zero-order valence-corrected chi connectivity index (χ0v) is 10.9. The number of hydrogen-bond acceptors (Lipinski definition) is 4. The molecule has 17 heavy (non-hydrogen) atoms. The SMILES string of the molecule is COc1ccc(C23CC(C2)C3)nc1S(=O)(=O)Cl. The molecule has 3 aliphatic rings. The number of aromatic nitrogens is 1. The first-order chi connectivity index (χ1) is 7.94. The standard InChI is InChI=1S/C11H12ClNO3S/c1-16-8-2-3-9(11-4-7(5-11)6-11)13-10(8)17(12,14)15/h2-3,7H,4-6H2,1H3. The zero-order chi connectivity index (χ0) is 12.3. The van der Waals surface area contributed by atoms with Crippen LogP contribution in [0, 0.1) is 5.92 Å². The molecule has 6 heteroatoms. The molecule has 0 aliphatic heterocycles. The van der Waals surface area contributed by atoms with Gasteiger partial charge in [0.15, 0.2) is 5.75 Å². The van der Waals surface area contributed by atoms with Crippen LogP contribution >= 0.6 is 10.7 Å². The van der Waals surface area contributed by atoms with E-state index in [-0.39, 0.29) is 16.2 Å². The van der Waals surface area contributed by atoms with Crippen LogP contribution < -0.4 is 4.74 Å². The summed E-state index contributed by atoms with van der Waals surface area (Å²) in [6, 6.07) is 3.48. The molecule has 2 bridgehead atoms. The Kier molecular flexibility index (Phi) is 2.23. The van der Waals surface area contributed by atoms with Crippen molar-refractivity contribution >= 4 is 19.7 Å². The normalized spacial score (nSPS) is 30.4. The number of ether oxygens (including phenoxy) is 1. The summed E-state index contributed by atoms with van der Waals surface area (Å²) in [5, 5.41) is -0.163. The summed E-state index contributed by atoms with van der Waals surface area (Å²) in [6.45, 7) is 0. The lowest BCUT2D eigenvalue weighted by atomic mass is 9.43. The van der Waals surface area contributed by atoms with Gasteiger partial charge in [0.2, 0.25) is 5.03 Å². The van der Waals surface area contributed by atoms with Crippen LogP contribution in [0.1, 0.15) is 25.0 Å². The fourth-order valence-electron chi connectivity index (χ4n) is 2.85. The Bertz CT molecular complexity index is 567. The molecule has 4 rings (SSSR count). The summed E-state index contributed by atoms with van der Waals surface area (Å²) in [6.07, 6.45) is 3.36. The average Bonchev–Trinajstić information content (AvgIpc) is 2.11. The van der Waals surface area contributed by atoms with Crippen LogP contribution in [-0.4, -0.2) is 20.5 Å². The number of nitrogens with zero attached hydrogens (tertiary/aromatic N) is 1. The Morgan fingerprint density at radius 1 is 1.41 bits per heavy atom. The third kappa shape index (κ3) is 1.56. The molecular weight excluding hydrogens is 262 g/mol. The van der Waals surface area contributed by atoms with Gasteiger partial charge in [-0.2, -0.15) is 0 Å². The van der Waals surface area contributed by atoms with Crippen molar-refractivity contribution in [2.45, 2.75) is 29.7 Å². The Balaban J connectivity index is 2.08. The van der Waals surface area contributed by atoms with Crippen LogP contribution in [0.15, 0.2) is 17.2 Å². The minimum absolute atomic E-state index is 0.118. The quantitative estimate of drug-likeness (QED) is 0.791. The van der Waals surface area contributed by atoms with Gasteiger partial charge in [0.1, 0.15) is 0 Å². The second-order valence-corrected chi connectivity index (χ2v) is 7.38. The van der Waals surface area contributed by atoms with Crippen molar-refractivity contribution in [1.29, 1.82) is 0 Å². The minimum Gasteiger partial charge on any atom is -0.494 e. The van der Waals surface area contributed by atoms with Gasteiger partial charge in [-0.1, -0.05) is 0 Å². The van der Waals surface area contributed by atoms with Gasteiger partial charge in [0.25, 0.3) is 9.05 Å². The third-order valence-corrected chi connectivity index (χ3v) is 5.05. The fourth-order valence-corrected chi connectivity index (χ4v) is 3.78. The highest BCUT2D eigenvalue weighted by Crippen LogP contribution is 2.64. The van der Waals surface area contributed by atoms with Crippen molar-refractivity contribution in [2.24, 2.45) is 5.92 Å². The molecule has 0 radical (unpaired) electrons. The molecule has 0 spiro atoms. The van der Waals surface area contributed by atoms with E-state index in [4.69, 9.17) is 15.4 Å². The Morgan fingerprint density at radius 3 is 2.47 bits per heavy atom. The van der Waals surface area contributed by atoms with Crippen molar-refractivity contribution in [2.75, 3.05) is 7.11 Å². The van der Waals surface area contributed by atoms with E-state index in [1.54, 1.807) is 6.07 Å². The van der Waals surface area contributed by atoms with E-state index in [9.17, 15) is 8.42 Å². The van der Waals surface area contributed by atoms with Crippen LogP contribution in [0.5, 0.6) is 5.75 Å². The number of hydrogen-bond donors (Lipinski definition) is 0. The van der Waals surface area contributed by atoms with Gasteiger partial charge < -0.3 is 4.74 Å². The monoisotopic (exact) mass is 273 g/mol. The lowest BCUT2D eigenvalue weighted by molar-refractivity contribution is -0.0313. The average molecular weight is 274 g/mol. The molecule has 0 N–H and O–H groups in total. The van der Waals surface area contributed by atoms with Crippen molar-refractivity contribution in [3.8, 4) is 5.75 Å². The number of pyridine rings is 1. The molecular formula is C11H12ClNO3S. The lowest BCUT2D eigenvalue weighted by Gasteiger charge is -2.61. The molecule has 0 saturated heterocycles. The summed E-state index contributed by atoms with van der Waals surface area (Å²) >= 11 is 0. The maximum absolute atomic E-state index is 11.4. The molecule has 1 aromatic rings. The molecule has 1 heterocycles. The third-order valence-electron chi connectivity index (χ3n) is 3.86. The van der Waals surface area contributed by atoms with Crippen molar-refractivity contribution in [1.82, 2.24) is 4.98 Å². The predicted molar refractivity (Wildman–Crippen MR) is 62.8 cm³/mol. The fraction of sp³-hybridized carbons (Fsp3) is 0.545. The summed E-state index contributed by atoms with van der Waals surface area (Å²) in [7, 11) is 2.92. The van der Waals surface area contributed by atoms with Crippen LogP contribution in [0.25, 0.3) is 0 Å². The second-order valence-electron chi connectivity index (χ2n) is 4.90. The molecule has 0 unspecified atom stereocenters. The van der Waals surface area contributed by atoms with E-state index in [1.165, 1.54) is 7.11 Å². The van der Waals surface area contributed by atoms with Crippen LogP contribution in [0.3, 0.4) is 0 Å². The van der Waals surface area contributed by atoms with Crippen LogP contribution in [0.4, 0.5) is 0 Å². The van der Waals surface area contributed by atoms with Gasteiger partial charge in [-0.25, -0.2) is 13.4 Å². The summed E-state index contributed by atoms with van der Waals surface area (Å²) in [5.41, 5.74) is 0.952.